The van der Waals surface area contributed by atoms with Crippen LogP contribution in [-0.4, -0.2) is 4.98 Å². The van der Waals surface area contributed by atoms with Gasteiger partial charge in [-0.1, -0.05) is 36.4 Å². The van der Waals surface area contributed by atoms with E-state index in [0.29, 0.717) is 5.56 Å². The highest BCUT2D eigenvalue weighted by atomic mass is 19.1. The molecule has 0 saturated heterocycles. The average Bonchev–Trinajstić information content (AvgIpc) is 2.47. The van der Waals surface area contributed by atoms with Gasteiger partial charge in [-0.15, -0.1) is 0 Å². The van der Waals surface area contributed by atoms with Crippen LogP contribution in [0.15, 0.2) is 54.7 Å². The van der Waals surface area contributed by atoms with Crippen LogP contribution in [0, 0.1) is 12.7 Å². The van der Waals surface area contributed by atoms with Gasteiger partial charge < -0.3 is 0 Å². The molecule has 0 aliphatic heterocycles. The number of fused-ring (bicyclic) bond motifs is 1. The number of hydrogen-bond donors (Lipinski definition) is 0. The molecule has 0 radical (unpaired) electrons. The summed E-state index contributed by atoms with van der Waals surface area (Å²) in [6.07, 6.45) is 5.43. The Morgan fingerprint density at radius 1 is 0.950 bits per heavy atom. The molecule has 0 aliphatic rings. The molecule has 0 fully saturated rings. The molecule has 1 heterocycles. The van der Waals surface area contributed by atoms with Crippen LogP contribution in [0.1, 0.15) is 16.8 Å². The second-order valence-corrected chi connectivity index (χ2v) is 4.72. The molecule has 1 aromatic heterocycles. The van der Waals surface area contributed by atoms with Crippen LogP contribution in [0.25, 0.3) is 22.9 Å². The highest BCUT2D eigenvalue weighted by molar-refractivity contribution is 5.91. The monoisotopic (exact) mass is 263 g/mol. The number of nitrogens with zero attached hydrogens (tertiary/aromatic N) is 1. The van der Waals surface area contributed by atoms with Gasteiger partial charge >= 0.3 is 0 Å². The zero-order valence-corrected chi connectivity index (χ0v) is 11.2. The number of halogens is 1. The van der Waals surface area contributed by atoms with Crippen LogP contribution in [0.3, 0.4) is 0 Å². The van der Waals surface area contributed by atoms with E-state index in [-0.39, 0.29) is 5.82 Å². The van der Waals surface area contributed by atoms with E-state index < -0.39 is 0 Å². The maximum atomic E-state index is 13.8. The summed E-state index contributed by atoms with van der Waals surface area (Å²) in [4.78, 5) is 4.37. The first-order valence-corrected chi connectivity index (χ1v) is 6.52. The van der Waals surface area contributed by atoms with Gasteiger partial charge in [-0.3, -0.25) is 4.98 Å². The van der Waals surface area contributed by atoms with E-state index in [1.807, 2.05) is 49.4 Å². The van der Waals surface area contributed by atoms with E-state index in [9.17, 15) is 4.39 Å². The maximum absolute atomic E-state index is 13.8. The maximum Gasteiger partial charge on any atom is 0.130 e. The Bertz CT molecular complexity index is 765. The number of benzene rings is 2. The predicted molar refractivity (Wildman–Crippen MR) is 81.8 cm³/mol. The quantitative estimate of drug-likeness (QED) is 0.644. The summed E-state index contributed by atoms with van der Waals surface area (Å²) in [6.45, 7) is 1.90. The lowest BCUT2D eigenvalue weighted by atomic mass is 10.1. The van der Waals surface area contributed by atoms with E-state index in [1.54, 1.807) is 18.3 Å². The van der Waals surface area contributed by atoms with Gasteiger partial charge in [0.15, 0.2) is 0 Å². The molecule has 0 atom stereocenters. The topological polar surface area (TPSA) is 12.9 Å². The van der Waals surface area contributed by atoms with Gasteiger partial charge in [0, 0.05) is 17.1 Å². The van der Waals surface area contributed by atoms with Gasteiger partial charge in [-0.2, -0.15) is 0 Å². The molecule has 1 nitrogen and oxygen atoms in total. The summed E-state index contributed by atoms with van der Waals surface area (Å²) >= 11 is 0. The third-order valence-corrected chi connectivity index (χ3v) is 3.38. The van der Waals surface area contributed by atoms with Crippen molar-refractivity contribution in [2.24, 2.45) is 0 Å². The summed E-state index contributed by atoms with van der Waals surface area (Å²) < 4.78 is 13.8. The minimum atomic E-state index is -0.207. The van der Waals surface area contributed by atoms with Gasteiger partial charge in [0.25, 0.3) is 0 Å². The molecule has 20 heavy (non-hydrogen) atoms. The van der Waals surface area contributed by atoms with Crippen LogP contribution in [0.4, 0.5) is 4.39 Å². The minimum absolute atomic E-state index is 0.207. The van der Waals surface area contributed by atoms with Gasteiger partial charge in [-0.25, -0.2) is 4.39 Å². The normalized spacial score (nSPS) is 11.3. The van der Waals surface area contributed by atoms with E-state index >= 15 is 0 Å². The smallest absolute Gasteiger partial charge is 0.130 e. The predicted octanol–water partition coefficient (Wildman–Crippen LogP) is 4.85. The fourth-order valence-electron chi connectivity index (χ4n) is 2.29. The highest BCUT2D eigenvalue weighted by Gasteiger charge is 2.02. The van der Waals surface area contributed by atoms with Crippen LogP contribution < -0.4 is 0 Å². The van der Waals surface area contributed by atoms with Crippen molar-refractivity contribution < 1.29 is 4.39 Å². The molecule has 98 valence electrons. The molecule has 0 amide bonds. The molecule has 2 heteroatoms. The lowest BCUT2D eigenvalue weighted by Gasteiger charge is -2.03. The molecular weight excluding hydrogens is 249 g/mol. The van der Waals surface area contributed by atoms with Crippen molar-refractivity contribution in [2.45, 2.75) is 6.92 Å². The zero-order valence-electron chi connectivity index (χ0n) is 11.2. The molecule has 3 rings (SSSR count). The summed E-state index contributed by atoms with van der Waals surface area (Å²) in [5.41, 5.74) is 2.38. The lowest BCUT2D eigenvalue weighted by Crippen LogP contribution is -1.87. The Labute approximate surface area is 117 Å². The molecule has 3 aromatic rings. The molecule has 0 spiro atoms. The molecule has 0 N–H and O–H groups in total. The first kappa shape index (κ1) is 12.5. The van der Waals surface area contributed by atoms with Crippen LogP contribution >= 0.6 is 0 Å². The SMILES string of the molecule is Cc1cccc(F)c1C=Cc1nccc2ccccc12. The molecule has 0 aliphatic carbocycles. The molecule has 0 bridgehead atoms. The number of aryl methyl sites for hydroxylation is 1. The first-order chi connectivity index (χ1) is 9.75. The standard InChI is InChI=1S/C18H14FN/c1-13-5-4-8-17(19)15(13)9-10-18-16-7-3-2-6-14(16)11-12-20-18/h2-12H,1H3. The summed E-state index contributed by atoms with van der Waals surface area (Å²) in [5.74, 6) is -0.207. The van der Waals surface area contributed by atoms with Crippen molar-refractivity contribution in [2.75, 3.05) is 0 Å². The van der Waals surface area contributed by atoms with Gasteiger partial charge in [0.1, 0.15) is 5.82 Å². The molecular formula is C18H14FN. The van der Waals surface area contributed by atoms with Crippen molar-refractivity contribution in [3.8, 4) is 0 Å². The largest absolute Gasteiger partial charge is 0.256 e. The second-order valence-electron chi connectivity index (χ2n) is 4.72. The average molecular weight is 263 g/mol. The van der Waals surface area contributed by atoms with Crippen molar-refractivity contribution in [3.05, 3.63) is 77.4 Å². The number of pyridine rings is 1. The van der Waals surface area contributed by atoms with E-state index in [4.69, 9.17) is 0 Å². The minimum Gasteiger partial charge on any atom is -0.256 e. The Morgan fingerprint density at radius 2 is 1.80 bits per heavy atom. The van der Waals surface area contributed by atoms with Crippen molar-refractivity contribution in [3.63, 3.8) is 0 Å². The first-order valence-electron chi connectivity index (χ1n) is 6.52. The van der Waals surface area contributed by atoms with Crippen molar-refractivity contribution in [1.82, 2.24) is 4.98 Å². The van der Waals surface area contributed by atoms with Crippen LogP contribution in [0.5, 0.6) is 0 Å². The van der Waals surface area contributed by atoms with Crippen LogP contribution in [0.2, 0.25) is 0 Å². The third-order valence-electron chi connectivity index (χ3n) is 3.38. The summed E-state index contributed by atoms with van der Waals surface area (Å²) in [7, 11) is 0. The molecule has 2 aromatic carbocycles. The molecule has 0 unspecified atom stereocenters. The number of rotatable bonds is 2. The van der Waals surface area contributed by atoms with E-state index in [0.717, 1.165) is 22.0 Å². The van der Waals surface area contributed by atoms with Gasteiger partial charge in [0.2, 0.25) is 0 Å². The van der Waals surface area contributed by atoms with Gasteiger partial charge in [-0.05, 0) is 42.2 Å². The molecule has 0 saturated carbocycles. The Morgan fingerprint density at radius 3 is 2.65 bits per heavy atom. The fourth-order valence-corrected chi connectivity index (χ4v) is 2.29. The second kappa shape index (κ2) is 5.25. The zero-order chi connectivity index (χ0) is 13.9. The number of aromatic nitrogens is 1. The highest BCUT2D eigenvalue weighted by Crippen LogP contribution is 2.20. The van der Waals surface area contributed by atoms with Gasteiger partial charge in [0.05, 0.1) is 5.69 Å². The summed E-state index contributed by atoms with van der Waals surface area (Å²) in [5, 5.41) is 2.20. The third kappa shape index (κ3) is 2.32. The lowest BCUT2D eigenvalue weighted by molar-refractivity contribution is 0.624. The fraction of sp³-hybridized carbons (Fsp3) is 0.0556. The number of hydrogen-bond acceptors (Lipinski definition) is 1. The van der Waals surface area contributed by atoms with Crippen molar-refractivity contribution in [1.29, 1.82) is 0 Å². The van der Waals surface area contributed by atoms with Crippen molar-refractivity contribution >= 4 is 22.9 Å². The Hall–Kier alpha value is -2.48. The summed E-state index contributed by atoms with van der Waals surface area (Å²) in [6, 6.07) is 15.1. The Kier molecular flexibility index (Phi) is 3.30. The van der Waals surface area contributed by atoms with E-state index in [2.05, 4.69) is 4.98 Å². The van der Waals surface area contributed by atoms with Crippen LogP contribution in [-0.2, 0) is 0 Å². The van der Waals surface area contributed by atoms with E-state index in [1.165, 1.54) is 6.07 Å². The Balaban J connectivity index is 2.07.